The third-order valence-electron chi connectivity index (χ3n) is 3.49. The summed E-state index contributed by atoms with van der Waals surface area (Å²) in [4.78, 5) is 22.8. The Balaban J connectivity index is 3.78. The molecule has 0 rings (SSSR count). The molecule has 134 valence electrons. The number of carbonyl (C=O) groups excluding carboxylic acids is 1. The summed E-state index contributed by atoms with van der Waals surface area (Å²) in [7, 11) is 0. The van der Waals surface area contributed by atoms with Crippen LogP contribution >= 0.6 is 0 Å². The van der Waals surface area contributed by atoms with Gasteiger partial charge in [-0.1, -0.05) is 49.5 Å². The Morgan fingerprint density at radius 3 is 2.39 bits per heavy atom. The average molecular weight is 346 g/mol. The maximum absolute atomic E-state index is 11.7. The van der Waals surface area contributed by atoms with Gasteiger partial charge in [-0.3, -0.25) is 4.79 Å². The number of carboxylic acid groups (broad SMARTS) is 1. The highest BCUT2D eigenvalue weighted by atomic mass is 32.2. The monoisotopic (exact) mass is 345 g/mol. The van der Waals surface area contributed by atoms with E-state index in [1.165, 1.54) is 31.9 Å². The lowest BCUT2D eigenvalue weighted by Crippen LogP contribution is -2.41. The summed E-state index contributed by atoms with van der Waals surface area (Å²) in [5.41, 5.74) is 0. The van der Waals surface area contributed by atoms with Crippen molar-refractivity contribution in [1.82, 2.24) is 5.32 Å². The first-order valence-electron chi connectivity index (χ1n) is 8.44. The topological polar surface area (TPSA) is 89.5 Å². The van der Waals surface area contributed by atoms with Crippen LogP contribution in [0.15, 0.2) is 12.2 Å². The molecule has 0 saturated carbocycles. The molecular formula is C17H31NO4S. The Kier molecular flexibility index (Phi) is 13.9. The maximum atomic E-state index is 11.7. The van der Waals surface area contributed by atoms with E-state index in [0.29, 0.717) is 12.8 Å². The molecule has 6 heteroatoms. The zero-order chi connectivity index (χ0) is 17.5. The normalized spacial score (nSPS) is 13.9. The molecule has 0 aromatic heterocycles. The number of carboxylic acids is 1. The molecule has 5 nitrogen and oxygen atoms in total. The lowest BCUT2D eigenvalue weighted by molar-refractivity contribution is -0.141. The van der Waals surface area contributed by atoms with E-state index in [2.05, 4.69) is 24.4 Å². The Hall–Kier alpha value is -1.01. The minimum atomic E-state index is -1.07. The largest absolute Gasteiger partial charge is 0.617 e. The summed E-state index contributed by atoms with van der Waals surface area (Å²) < 4.78 is 11.0. The predicted octanol–water partition coefficient (Wildman–Crippen LogP) is 3.02. The summed E-state index contributed by atoms with van der Waals surface area (Å²) >= 11 is -1.05. The SMILES string of the molecule is CCCCCC/C=C\CCCC(=O)NC(CC[S+](C)[O-])C(=O)O. The molecule has 0 bridgehead atoms. The molecule has 1 amide bonds. The minimum absolute atomic E-state index is 0.196. The zero-order valence-corrected chi connectivity index (χ0v) is 15.2. The molecule has 0 spiro atoms. The second-order valence-electron chi connectivity index (χ2n) is 5.74. The van der Waals surface area contributed by atoms with Crippen LogP contribution in [0.4, 0.5) is 0 Å². The first kappa shape index (κ1) is 22.0. The van der Waals surface area contributed by atoms with E-state index < -0.39 is 23.2 Å². The molecule has 0 aliphatic heterocycles. The average Bonchev–Trinajstić information content (AvgIpc) is 2.49. The van der Waals surface area contributed by atoms with Gasteiger partial charge in [-0.05, 0) is 25.7 Å². The van der Waals surface area contributed by atoms with Crippen LogP contribution in [0.1, 0.15) is 64.7 Å². The van der Waals surface area contributed by atoms with Crippen molar-refractivity contribution in [2.24, 2.45) is 0 Å². The van der Waals surface area contributed by atoms with Crippen molar-refractivity contribution in [2.45, 2.75) is 70.8 Å². The molecule has 0 fully saturated rings. The summed E-state index contributed by atoms with van der Waals surface area (Å²) in [6.45, 7) is 2.19. The second-order valence-corrected chi connectivity index (χ2v) is 7.29. The highest BCUT2D eigenvalue weighted by Gasteiger charge is 2.20. The van der Waals surface area contributed by atoms with E-state index in [1.54, 1.807) is 0 Å². The van der Waals surface area contributed by atoms with Gasteiger partial charge < -0.3 is 15.0 Å². The van der Waals surface area contributed by atoms with Gasteiger partial charge in [0.2, 0.25) is 5.91 Å². The number of aliphatic carboxylic acids is 1. The summed E-state index contributed by atoms with van der Waals surface area (Å²) in [5, 5.41) is 11.5. The number of hydrogen-bond donors (Lipinski definition) is 2. The first-order chi connectivity index (χ1) is 11.0. The molecule has 0 aliphatic carbocycles. The number of hydrogen-bond acceptors (Lipinski definition) is 3. The van der Waals surface area contributed by atoms with Gasteiger partial charge in [-0.15, -0.1) is 0 Å². The molecule has 2 atom stereocenters. The number of amides is 1. The molecule has 0 saturated heterocycles. The van der Waals surface area contributed by atoms with E-state index in [4.69, 9.17) is 5.11 Å². The van der Waals surface area contributed by atoms with Crippen LogP contribution in [-0.2, 0) is 20.8 Å². The van der Waals surface area contributed by atoms with Crippen molar-refractivity contribution in [3.8, 4) is 0 Å². The lowest BCUT2D eigenvalue weighted by atomic mass is 10.1. The molecule has 0 aromatic rings. The van der Waals surface area contributed by atoms with E-state index in [-0.39, 0.29) is 18.1 Å². The number of carbonyl (C=O) groups is 2. The quantitative estimate of drug-likeness (QED) is 0.288. The van der Waals surface area contributed by atoms with Crippen molar-refractivity contribution in [3.63, 3.8) is 0 Å². The van der Waals surface area contributed by atoms with Crippen LogP contribution in [0.2, 0.25) is 0 Å². The smallest absolute Gasteiger partial charge is 0.326 e. The minimum Gasteiger partial charge on any atom is -0.617 e. The predicted molar refractivity (Wildman–Crippen MR) is 94.9 cm³/mol. The highest BCUT2D eigenvalue weighted by molar-refractivity contribution is 7.90. The number of nitrogens with one attached hydrogen (secondary N) is 1. The third kappa shape index (κ3) is 14.3. The van der Waals surface area contributed by atoms with Gasteiger partial charge in [0.15, 0.2) is 0 Å². The van der Waals surface area contributed by atoms with Crippen LogP contribution in [0.3, 0.4) is 0 Å². The Morgan fingerprint density at radius 2 is 1.83 bits per heavy atom. The molecule has 0 aliphatic rings. The molecule has 0 heterocycles. The number of allylic oxidation sites excluding steroid dienone is 2. The maximum Gasteiger partial charge on any atom is 0.326 e. The van der Waals surface area contributed by atoms with Gasteiger partial charge in [0.1, 0.15) is 11.8 Å². The lowest BCUT2D eigenvalue weighted by Gasteiger charge is -2.14. The Bertz CT molecular complexity index is 359. The van der Waals surface area contributed by atoms with Crippen LogP contribution in [0, 0.1) is 0 Å². The van der Waals surface area contributed by atoms with Crippen molar-refractivity contribution in [2.75, 3.05) is 12.0 Å². The van der Waals surface area contributed by atoms with E-state index in [0.717, 1.165) is 12.8 Å². The molecule has 23 heavy (non-hydrogen) atoms. The van der Waals surface area contributed by atoms with Gasteiger partial charge >= 0.3 is 5.97 Å². The second kappa shape index (κ2) is 14.6. The number of unbranched alkanes of at least 4 members (excludes halogenated alkanes) is 5. The standard InChI is InChI=1S/C17H31NO4S/c1-3-4-5-6-7-8-9-10-11-12-16(19)18-15(17(20)21)13-14-23(2)22/h8-9,15H,3-7,10-14H2,1-2H3,(H,18,19)(H,20,21)/b9-8-. The molecule has 0 radical (unpaired) electrons. The fourth-order valence-electron chi connectivity index (χ4n) is 2.11. The summed E-state index contributed by atoms with van der Waals surface area (Å²) in [5.74, 6) is -1.05. The van der Waals surface area contributed by atoms with Crippen LogP contribution in [0.25, 0.3) is 0 Å². The van der Waals surface area contributed by atoms with Crippen molar-refractivity contribution in [3.05, 3.63) is 12.2 Å². The van der Waals surface area contributed by atoms with E-state index in [9.17, 15) is 14.1 Å². The fraction of sp³-hybridized carbons (Fsp3) is 0.765. The van der Waals surface area contributed by atoms with Gasteiger partial charge in [0.05, 0.1) is 6.26 Å². The summed E-state index contributed by atoms with van der Waals surface area (Å²) in [6, 6.07) is -0.944. The van der Waals surface area contributed by atoms with Gasteiger partial charge in [0.25, 0.3) is 0 Å². The molecule has 0 aromatic carbocycles. The van der Waals surface area contributed by atoms with Gasteiger partial charge in [-0.2, -0.15) is 0 Å². The van der Waals surface area contributed by atoms with Crippen LogP contribution < -0.4 is 5.32 Å². The molecule has 2 unspecified atom stereocenters. The van der Waals surface area contributed by atoms with Crippen LogP contribution in [0.5, 0.6) is 0 Å². The van der Waals surface area contributed by atoms with Gasteiger partial charge in [-0.25, -0.2) is 4.79 Å². The summed E-state index contributed by atoms with van der Waals surface area (Å²) in [6.07, 6.45) is 13.9. The van der Waals surface area contributed by atoms with Crippen molar-refractivity contribution in [1.29, 1.82) is 0 Å². The van der Waals surface area contributed by atoms with Gasteiger partial charge in [0, 0.05) is 12.8 Å². The Labute approximate surface area is 143 Å². The first-order valence-corrected chi connectivity index (χ1v) is 10.2. The Morgan fingerprint density at radius 1 is 1.17 bits per heavy atom. The van der Waals surface area contributed by atoms with Crippen LogP contribution in [-0.4, -0.2) is 39.6 Å². The van der Waals surface area contributed by atoms with Crippen molar-refractivity contribution < 1.29 is 19.2 Å². The third-order valence-corrected chi connectivity index (χ3v) is 4.30. The zero-order valence-electron chi connectivity index (χ0n) is 14.4. The van der Waals surface area contributed by atoms with E-state index >= 15 is 0 Å². The van der Waals surface area contributed by atoms with E-state index in [1.807, 2.05) is 0 Å². The fourth-order valence-corrected chi connectivity index (χ4v) is 2.68. The van der Waals surface area contributed by atoms with Crippen molar-refractivity contribution >= 4 is 23.1 Å². The molecule has 2 N–H and O–H groups in total. The molecular weight excluding hydrogens is 314 g/mol. The highest BCUT2D eigenvalue weighted by Crippen LogP contribution is 2.05. The number of rotatable bonds is 14.